The number of hydrogen-bond acceptors (Lipinski definition) is 2. The Bertz CT molecular complexity index is 180. The average Bonchev–Trinajstić information content (AvgIpc) is 2.75. The van der Waals surface area contributed by atoms with Gasteiger partial charge in [0, 0.05) is 12.6 Å². The Kier molecular flexibility index (Phi) is 4.39. The van der Waals surface area contributed by atoms with E-state index in [0.717, 1.165) is 24.9 Å². The molecular weight excluding hydrogens is 191 g/mol. The van der Waals surface area contributed by atoms with Crippen LogP contribution in [0, 0.1) is 5.92 Å². The van der Waals surface area contributed by atoms with Crippen molar-refractivity contribution in [2.75, 3.05) is 32.9 Å². The van der Waals surface area contributed by atoms with Gasteiger partial charge in [-0.1, -0.05) is 0 Å². The first-order chi connectivity index (χ1) is 7.42. The van der Waals surface area contributed by atoms with Gasteiger partial charge in [-0.2, -0.15) is 0 Å². The molecule has 2 rings (SSSR count). The van der Waals surface area contributed by atoms with E-state index < -0.39 is 0 Å². The predicted molar refractivity (Wildman–Crippen MR) is 60.8 cm³/mol. The standard InChI is InChI=1S/C12H23FN2/c13-6-2-10-15-9-1-3-12(15)11-4-7-14-8-5-11/h11-12,14H,1-10H2. The number of piperidine rings is 1. The van der Waals surface area contributed by atoms with Crippen molar-refractivity contribution in [2.45, 2.75) is 38.1 Å². The molecule has 15 heavy (non-hydrogen) atoms. The third kappa shape index (κ3) is 2.91. The van der Waals surface area contributed by atoms with Crippen LogP contribution < -0.4 is 5.32 Å². The van der Waals surface area contributed by atoms with Crippen LogP contribution in [-0.2, 0) is 0 Å². The smallest absolute Gasteiger partial charge is 0.0906 e. The molecule has 2 nitrogen and oxygen atoms in total. The van der Waals surface area contributed by atoms with Crippen molar-refractivity contribution in [2.24, 2.45) is 5.92 Å². The van der Waals surface area contributed by atoms with Gasteiger partial charge in [0.1, 0.15) is 0 Å². The van der Waals surface area contributed by atoms with Gasteiger partial charge >= 0.3 is 0 Å². The van der Waals surface area contributed by atoms with Crippen LogP contribution >= 0.6 is 0 Å². The van der Waals surface area contributed by atoms with Gasteiger partial charge in [-0.25, -0.2) is 0 Å². The zero-order valence-corrected chi connectivity index (χ0v) is 9.55. The maximum absolute atomic E-state index is 12.2. The minimum atomic E-state index is -0.157. The van der Waals surface area contributed by atoms with Crippen molar-refractivity contribution >= 4 is 0 Å². The molecule has 2 aliphatic heterocycles. The molecule has 2 saturated heterocycles. The monoisotopic (exact) mass is 214 g/mol. The zero-order valence-electron chi connectivity index (χ0n) is 9.55. The van der Waals surface area contributed by atoms with E-state index in [2.05, 4.69) is 10.2 Å². The van der Waals surface area contributed by atoms with Crippen molar-refractivity contribution in [1.29, 1.82) is 0 Å². The molecule has 0 aliphatic carbocycles. The molecule has 1 N–H and O–H groups in total. The van der Waals surface area contributed by atoms with E-state index in [1.165, 1.54) is 45.3 Å². The normalized spacial score (nSPS) is 29.8. The molecule has 0 aromatic carbocycles. The van der Waals surface area contributed by atoms with E-state index >= 15 is 0 Å². The number of nitrogens with one attached hydrogen (secondary N) is 1. The SMILES string of the molecule is FCCCN1CCCC1C1CCNCC1. The first-order valence-electron chi connectivity index (χ1n) is 6.42. The predicted octanol–water partition coefficient (Wildman–Crippen LogP) is 1.81. The molecule has 2 heterocycles. The average molecular weight is 214 g/mol. The number of alkyl halides is 1. The second-order valence-corrected chi connectivity index (χ2v) is 4.88. The summed E-state index contributed by atoms with van der Waals surface area (Å²) in [5.74, 6) is 0.869. The lowest BCUT2D eigenvalue weighted by molar-refractivity contribution is 0.158. The molecule has 2 aliphatic rings. The van der Waals surface area contributed by atoms with E-state index in [4.69, 9.17) is 0 Å². The molecule has 0 saturated carbocycles. The molecule has 1 atom stereocenters. The number of hydrogen-bond donors (Lipinski definition) is 1. The van der Waals surface area contributed by atoms with Crippen LogP contribution in [-0.4, -0.2) is 43.8 Å². The number of nitrogens with zero attached hydrogens (tertiary/aromatic N) is 1. The van der Waals surface area contributed by atoms with Crippen LogP contribution in [0.3, 0.4) is 0 Å². The van der Waals surface area contributed by atoms with Crippen molar-refractivity contribution in [3.63, 3.8) is 0 Å². The molecule has 88 valence electrons. The van der Waals surface area contributed by atoms with Crippen molar-refractivity contribution in [1.82, 2.24) is 10.2 Å². The Labute approximate surface area is 92.2 Å². The number of halogens is 1. The molecule has 0 spiro atoms. The first-order valence-corrected chi connectivity index (χ1v) is 6.42. The zero-order chi connectivity index (χ0) is 10.5. The fraction of sp³-hybridized carbons (Fsp3) is 1.00. The second kappa shape index (κ2) is 5.80. The summed E-state index contributed by atoms with van der Waals surface area (Å²) in [6.45, 7) is 4.38. The summed E-state index contributed by atoms with van der Waals surface area (Å²) in [6, 6.07) is 0.763. The third-order valence-electron chi connectivity index (χ3n) is 3.92. The highest BCUT2D eigenvalue weighted by Gasteiger charge is 2.31. The van der Waals surface area contributed by atoms with Gasteiger partial charge in [0.25, 0.3) is 0 Å². The molecule has 1 unspecified atom stereocenters. The van der Waals surface area contributed by atoms with Gasteiger partial charge in [0.2, 0.25) is 0 Å². The summed E-state index contributed by atoms with van der Waals surface area (Å²) in [7, 11) is 0. The molecule has 0 radical (unpaired) electrons. The van der Waals surface area contributed by atoms with Crippen molar-refractivity contribution in [3.8, 4) is 0 Å². The Morgan fingerprint density at radius 2 is 2.00 bits per heavy atom. The van der Waals surface area contributed by atoms with E-state index in [0.29, 0.717) is 0 Å². The van der Waals surface area contributed by atoms with Gasteiger partial charge in [0.05, 0.1) is 6.67 Å². The van der Waals surface area contributed by atoms with Crippen LogP contribution in [0.1, 0.15) is 32.1 Å². The van der Waals surface area contributed by atoms with E-state index in [9.17, 15) is 4.39 Å². The fourth-order valence-corrected chi connectivity index (χ4v) is 3.16. The van der Waals surface area contributed by atoms with Gasteiger partial charge in [0.15, 0.2) is 0 Å². The first kappa shape index (κ1) is 11.3. The molecule has 0 bridgehead atoms. The van der Waals surface area contributed by atoms with Crippen LogP contribution in [0.2, 0.25) is 0 Å². The van der Waals surface area contributed by atoms with E-state index in [-0.39, 0.29) is 6.67 Å². The van der Waals surface area contributed by atoms with Crippen LogP contribution in [0.5, 0.6) is 0 Å². The summed E-state index contributed by atoms with van der Waals surface area (Å²) in [5, 5.41) is 3.42. The lowest BCUT2D eigenvalue weighted by Gasteiger charge is -2.34. The van der Waals surface area contributed by atoms with Crippen LogP contribution in [0.25, 0.3) is 0 Å². The minimum absolute atomic E-state index is 0.157. The number of rotatable bonds is 4. The summed E-state index contributed by atoms with van der Waals surface area (Å²) < 4.78 is 12.2. The van der Waals surface area contributed by atoms with Crippen LogP contribution in [0.4, 0.5) is 4.39 Å². The molecule has 0 aromatic heterocycles. The van der Waals surface area contributed by atoms with E-state index in [1.807, 2.05) is 0 Å². The Balaban J connectivity index is 1.82. The third-order valence-corrected chi connectivity index (χ3v) is 3.92. The highest BCUT2D eigenvalue weighted by molar-refractivity contribution is 4.87. The molecule has 0 amide bonds. The maximum atomic E-state index is 12.2. The summed E-state index contributed by atoms with van der Waals surface area (Å²) in [6.07, 6.45) is 6.02. The van der Waals surface area contributed by atoms with Gasteiger partial charge < -0.3 is 10.2 Å². The molecular formula is C12H23FN2. The molecule has 0 aromatic rings. The van der Waals surface area contributed by atoms with Gasteiger partial charge in [-0.05, 0) is 57.7 Å². The topological polar surface area (TPSA) is 15.3 Å². The molecule has 2 fully saturated rings. The lowest BCUT2D eigenvalue weighted by atomic mass is 9.89. The Morgan fingerprint density at radius 3 is 2.73 bits per heavy atom. The lowest BCUT2D eigenvalue weighted by Crippen LogP contribution is -2.41. The highest BCUT2D eigenvalue weighted by atomic mass is 19.1. The summed E-state index contributed by atoms with van der Waals surface area (Å²) >= 11 is 0. The van der Waals surface area contributed by atoms with Gasteiger partial charge in [-0.15, -0.1) is 0 Å². The molecule has 3 heteroatoms. The number of likely N-dealkylation sites (tertiary alicyclic amines) is 1. The van der Waals surface area contributed by atoms with Crippen molar-refractivity contribution in [3.05, 3.63) is 0 Å². The maximum Gasteiger partial charge on any atom is 0.0906 e. The Hall–Kier alpha value is -0.150. The summed E-state index contributed by atoms with van der Waals surface area (Å²) in [5.41, 5.74) is 0. The minimum Gasteiger partial charge on any atom is -0.317 e. The van der Waals surface area contributed by atoms with Crippen LogP contribution in [0.15, 0.2) is 0 Å². The largest absolute Gasteiger partial charge is 0.317 e. The second-order valence-electron chi connectivity index (χ2n) is 4.88. The van der Waals surface area contributed by atoms with Gasteiger partial charge in [-0.3, -0.25) is 4.39 Å². The highest BCUT2D eigenvalue weighted by Crippen LogP contribution is 2.29. The van der Waals surface area contributed by atoms with E-state index in [1.54, 1.807) is 0 Å². The quantitative estimate of drug-likeness (QED) is 0.768. The van der Waals surface area contributed by atoms with Crippen molar-refractivity contribution < 1.29 is 4.39 Å². The Morgan fingerprint density at radius 1 is 1.20 bits per heavy atom. The fourth-order valence-electron chi connectivity index (χ4n) is 3.16. The summed E-state index contributed by atoms with van der Waals surface area (Å²) in [4.78, 5) is 2.54.